The third kappa shape index (κ3) is 6.22. The van der Waals surface area contributed by atoms with Gasteiger partial charge < -0.3 is 23.4 Å². The zero-order valence-electron chi connectivity index (χ0n) is 21.6. The highest BCUT2D eigenvalue weighted by atomic mass is 28.4. The first-order chi connectivity index (χ1) is 14.8. The van der Waals surface area contributed by atoms with Crippen LogP contribution < -0.4 is 4.74 Å². The molecule has 0 aliphatic heterocycles. The standard InChI is InChI=1S/C26H44O5Si/c1-24(2,3)32(8,9)31-22-16-25(4,5)26(6,17-22)23(14-15-27)30-19-29-18-20-10-12-21(28-7)13-11-20/h10-13,15,22-23H,14,16-19H2,1-9H3/t22-,23?,26-/m0/s1. The van der Waals surface area contributed by atoms with Crippen LogP contribution >= 0.6 is 0 Å². The van der Waals surface area contributed by atoms with Crippen molar-refractivity contribution in [3.63, 3.8) is 0 Å². The predicted octanol–water partition coefficient (Wildman–Crippen LogP) is 6.36. The van der Waals surface area contributed by atoms with Crippen molar-refractivity contribution in [1.29, 1.82) is 0 Å². The van der Waals surface area contributed by atoms with Crippen LogP contribution in [0.3, 0.4) is 0 Å². The molecule has 32 heavy (non-hydrogen) atoms. The molecule has 182 valence electrons. The minimum atomic E-state index is -1.87. The van der Waals surface area contributed by atoms with E-state index in [2.05, 4.69) is 54.6 Å². The molecule has 1 unspecified atom stereocenters. The predicted molar refractivity (Wildman–Crippen MR) is 131 cm³/mol. The molecule has 0 radical (unpaired) electrons. The molecule has 1 aliphatic carbocycles. The largest absolute Gasteiger partial charge is 0.497 e. The van der Waals surface area contributed by atoms with Gasteiger partial charge in [0.1, 0.15) is 18.8 Å². The summed E-state index contributed by atoms with van der Waals surface area (Å²) in [7, 11) is -0.216. The van der Waals surface area contributed by atoms with Crippen molar-refractivity contribution in [3.8, 4) is 5.75 Å². The molecule has 1 aliphatic rings. The Labute approximate surface area is 196 Å². The number of rotatable bonds is 11. The molecular formula is C26H44O5Si. The van der Waals surface area contributed by atoms with E-state index in [1.807, 2.05) is 24.3 Å². The van der Waals surface area contributed by atoms with Gasteiger partial charge in [-0.05, 0) is 54.1 Å². The van der Waals surface area contributed by atoms with Crippen molar-refractivity contribution in [1.82, 2.24) is 0 Å². The highest BCUT2D eigenvalue weighted by Crippen LogP contribution is 2.57. The number of methoxy groups -OCH3 is 1. The summed E-state index contributed by atoms with van der Waals surface area (Å²) in [6.07, 6.45) is 3.17. The van der Waals surface area contributed by atoms with E-state index in [0.717, 1.165) is 30.4 Å². The molecule has 3 atom stereocenters. The van der Waals surface area contributed by atoms with Crippen molar-refractivity contribution >= 4 is 14.6 Å². The molecule has 0 N–H and O–H groups in total. The van der Waals surface area contributed by atoms with Gasteiger partial charge in [0.2, 0.25) is 0 Å². The normalized spacial score (nSPS) is 24.3. The summed E-state index contributed by atoms with van der Waals surface area (Å²) in [6.45, 7) is 18.9. The van der Waals surface area contributed by atoms with E-state index in [4.69, 9.17) is 18.6 Å². The first-order valence-corrected chi connectivity index (χ1v) is 14.6. The third-order valence-corrected chi connectivity index (χ3v) is 12.5. The minimum absolute atomic E-state index is 0.0102. The minimum Gasteiger partial charge on any atom is -0.497 e. The van der Waals surface area contributed by atoms with Gasteiger partial charge >= 0.3 is 0 Å². The van der Waals surface area contributed by atoms with Gasteiger partial charge in [-0.1, -0.05) is 53.7 Å². The lowest BCUT2D eigenvalue weighted by Gasteiger charge is -2.43. The van der Waals surface area contributed by atoms with E-state index in [1.54, 1.807) is 7.11 Å². The van der Waals surface area contributed by atoms with Crippen molar-refractivity contribution in [2.24, 2.45) is 10.8 Å². The van der Waals surface area contributed by atoms with Gasteiger partial charge in [-0.25, -0.2) is 0 Å². The van der Waals surface area contributed by atoms with Crippen molar-refractivity contribution in [2.45, 2.75) is 97.8 Å². The number of benzene rings is 1. The average molecular weight is 465 g/mol. The number of hydrogen-bond acceptors (Lipinski definition) is 5. The van der Waals surface area contributed by atoms with Crippen LogP contribution in [0.2, 0.25) is 18.1 Å². The quantitative estimate of drug-likeness (QED) is 0.165. The Bertz CT molecular complexity index is 738. The highest BCUT2D eigenvalue weighted by molar-refractivity contribution is 6.74. The Hall–Kier alpha value is -1.21. The maximum atomic E-state index is 11.5. The summed E-state index contributed by atoms with van der Waals surface area (Å²) in [5.41, 5.74) is 0.866. The van der Waals surface area contributed by atoms with E-state index in [0.29, 0.717) is 13.0 Å². The molecule has 0 heterocycles. The maximum absolute atomic E-state index is 11.5. The van der Waals surface area contributed by atoms with Gasteiger partial charge in [0.05, 0.1) is 19.8 Å². The summed E-state index contributed by atoms with van der Waals surface area (Å²) in [4.78, 5) is 11.5. The Morgan fingerprint density at radius 3 is 2.28 bits per heavy atom. The van der Waals surface area contributed by atoms with Crippen molar-refractivity contribution < 1.29 is 23.4 Å². The zero-order valence-corrected chi connectivity index (χ0v) is 22.6. The molecule has 2 rings (SSSR count). The van der Waals surface area contributed by atoms with Crippen LogP contribution in [0.4, 0.5) is 0 Å². The van der Waals surface area contributed by atoms with Crippen LogP contribution in [0.15, 0.2) is 24.3 Å². The summed E-state index contributed by atoms with van der Waals surface area (Å²) < 4.78 is 24.0. The molecule has 0 spiro atoms. The fourth-order valence-electron chi connectivity index (χ4n) is 4.48. The van der Waals surface area contributed by atoms with Crippen LogP contribution in [0.1, 0.15) is 66.4 Å². The second-order valence-electron chi connectivity index (χ2n) is 11.6. The van der Waals surface area contributed by atoms with Crippen molar-refractivity contribution in [3.05, 3.63) is 29.8 Å². The molecular weight excluding hydrogens is 420 g/mol. The second-order valence-corrected chi connectivity index (χ2v) is 16.3. The zero-order chi connectivity index (χ0) is 24.2. The molecule has 0 aromatic heterocycles. The van der Waals surface area contributed by atoms with Gasteiger partial charge in [0, 0.05) is 17.9 Å². The second kappa shape index (κ2) is 10.4. The summed E-state index contributed by atoms with van der Waals surface area (Å²) >= 11 is 0. The van der Waals surface area contributed by atoms with E-state index >= 15 is 0 Å². The molecule has 5 nitrogen and oxygen atoms in total. The Balaban J connectivity index is 2.02. The first-order valence-electron chi connectivity index (χ1n) is 11.7. The van der Waals surface area contributed by atoms with Crippen molar-refractivity contribution in [2.75, 3.05) is 13.9 Å². The van der Waals surface area contributed by atoms with Gasteiger partial charge in [0.15, 0.2) is 8.32 Å². The molecule has 0 bridgehead atoms. The van der Waals surface area contributed by atoms with Gasteiger partial charge in [-0.15, -0.1) is 0 Å². The van der Waals surface area contributed by atoms with Crippen LogP contribution in [0.5, 0.6) is 5.75 Å². The Kier molecular flexibility index (Phi) is 8.76. The van der Waals surface area contributed by atoms with Crippen LogP contribution in [0.25, 0.3) is 0 Å². The van der Waals surface area contributed by atoms with E-state index < -0.39 is 8.32 Å². The van der Waals surface area contributed by atoms with E-state index in [-0.39, 0.29) is 34.9 Å². The number of aldehydes is 1. The van der Waals surface area contributed by atoms with Gasteiger partial charge in [0.25, 0.3) is 0 Å². The SMILES string of the molecule is COc1ccc(COCOC(CC=O)[C@]2(C)C[C@@H](O[Si](C)(C)C(C)(C)C)CC2(C)C)cc1. The number of carbonyl (C=O) groups excluding carboxylic acids is 1. The topological polar surface area (TPSA) is 54.0 Å². The molecule has 1 aromatic rings. The van der Waals surface area contributed by atoms with E-state index in [1.165, 1.54) is 0 Å². The van der Waals surface area contributed by atoms with Gasteiger partial charge in [-0.2, -0.15) is 0 Å². The molecule has 1 saturated carbocycles. The lowest BCUT2D eigenvalue weighted by molar-refractivity contribution is -0.155. The molecule has 1 fully saturated rings. The average Bonchev–Trinajstić information content (AvgIpc) is 2.91. The van der Waals surface area contributed by atoms with Crippen LogP contribution in [-0.2, 0) is 25.3 Å². The van der Waals surface area contributed by atoms with Gasteiger partial charge in [-0.3, -0.25) is 0 Å². The van der Waals surface area contributed by atoms with Crippen LogP contribution in [0, 0.1) is 10.8 Å². The molecule has 0 amide bonds. The maximum Gasteiger partial charge on any atom is 0.192 e. The summed E-state index contributed by atoms with van der Waals surface area (Å²) in [5, 5.41) is 0.171. The number of ether oxygens (including phenoxy) is 3. The smallest absolute Gasteiger partial charge is 0.192 e. The third-order valence-electron chi connectivity index (χ3n) is 8.00. The van der Waals surface area contributed by atoms with Crippen LogP contribution in [-0.4, -0.2) is 40.7 Å². The first kappa shape index (κ1) is 27.0. The lowest BCUT2D eigenvalue weighted by Crippen LogP contribution is -2.44. The molecule has 0 saturated heterocycles. The fraction of sp³-hybridized carbons (Fsp3) is 0.731. The summed E-state index contributed by atoms with van der Waals surface area (Å²) in [5.74, 6) is 0.821. The monoisotopic (exact) mass is 464 g/mol. The molecule has 6 heteroatoms. The number of hydrogen-bond donors (Lipinski definition) is 0. The summed E-state index contributed by atoms with van der Waals surface area (Å²) in [6, 6.07) is 7.79. The number of carbonyl (C=O) groups is 1. The Morgan fingerprint density at radius 1 is 1.12 bits per heavy atom. The highest BCUT2D eigenvalue weighted by Gasteiger charge is 2.56. The van der Waals surface area contributed by atoms with E-state index in [9.17, 15) is 4.79 Å². The molecule has 1 aromatic carbocycles. The Morgan fingerprint density at radius 2 is 1.75 bits per heavy atom. The fourth-order valence-corrected chi connectivity index (χ4v) is 5.83. The lowest BCUT2D eigenvalue weighted by atomic mass is 9.65.